The van der Waals surface area contributed by atoms with Gasteiger partial charge in [0.1, 0.15) is 6.04 Å². The zero-order valence-corrected chi connectivity index (χ0v) is 13.0. The number of hydrogen-bond acceptors (Lipinski definition) is 2. The first kappa shape index (κ1) is 15.8. The van der Waals surface area contributed by atoms with Gasteiger partial charge in [0.05, 0.1) is 6.42 Å². The van der Waals surface area contributed by atoms with Crippen molar-refractivity contribution < 1.29 is 9.59 Å². The molecule has 0 radical (unpaired) electrons. The van der Waals surface area contributed by atoms with E-state index >= 15 is 0 Å². The molecular formula is C16H21ClN2O2. The van der Waals surface area contributed by atoms with E-state index in [-0.39, 0.29) is 18.2 Å². The third-order valence-electron chi connectivity index (χ3n) is 3.69. The van der Waals surface area contributed by atoms with E-state index in [1.54, 1.807) is 19.1 Å². The second-order valence-electron chi connectivity index (χ2n) is 5.48. The van der Waals surface area contributed by atoms with Crippen LogP contribution in [0, 0.1) is 0 Å². The summed E-state index contributed by atoms with van der Waals surface area (Å²) in [6.07, 6.45) is 3.55. The van der Waals surface area contributed by atoms with Crippen LogP contribution in [0.4, 0.5) is 0 Å². The maximum absolute atomic E-state index is 12.2. The molecule has 1 aromatic rings. The van der Waals surface area contributed by atoms with Gasteiger partial charge >= 0.3 is 0 Å². The summed E-state index contributed by atoms with van der Waals surface area (Å²) in [5.41, 5.74) is 0.884. The molecule has 5 heteroatoms. The Morgan fingerprint density at radius 2 is 1.81 bits per heavy atom. The van der Waals surface area contributed by atoms with E-state index in [0.717, 1.165) is 31.5 Å². The Morgan fingerprint density at radius 1 is 1.19 bits per heavy atom. The first-order chi connectivity index (χ1) is 10.1. The number of benzene rings is 1. The largest absolute Gasteiger partial charge is 0.344 e. The van der Waals surface area contributed by atoms with E-state index in [4.69, 9.17) is 11.6 Å². The average Bonchev–Trinajstić information content (AvgIpc) is 2.49. The molecule has 0 saturated carbocycles. The Labute approximate surface area is 130 Å². The molecule has 1 heterocycles. The third-order valence-corrected chi connectivity index (χ3v) is 3.95. The highest BCUT2D eigenvalue weighted by Gasteiger charge is 2.23. The van der Waals surface area contributed by atoms with Gasteiger partial charge in [-0.2, -0.15) is 0 Å². The van der Waals surface area contributed by atoms with Crippen molar-refractivity contribution >= 4 is 23.4 Å². The Balaban J connectivity index is 1.83. The second kappa shape index (κ2) is 7.46. The van der Waals surface area contributed by atoms with Crippen molar-refractivity contribution in [3.05, 3.63) is 34.9 Å². The van der Waals surface area contributed by atoms with Crippen LogP contribution < -0.4 is 5.32 Å². The van der Waals surface area contributed by atoms with Gasteiger partial charge in [-0.3, -0.25) is 9.59 Å². The minimum atomic E-state index is -0.470. The topological polar surface area (TPSA) is 49.4 Å². The molecule has 1 aliphatic heterocycles. The summed E-state index contributed by atoms with van der Waals surface area (Å²) in [5.74, 6) is -0.130. The van der Waals surface area contributed by atoms with Crippen LogP contribution in [0.5, 0.6) is 0 Å². The molecular weight excluding hydrogens is 288 g/mol. The van der Waals surface area contributed by atoms with Gasteiger partial charge in [-0.15, -0.1) is 0 Å². The minimum absolute atomic E-state index is 0.0131. The maximum Gasteiger partial charge on any atom is 0.244 e. The lowest BCUT2D eigenvalue weighted by atomic mass is 10.1. The third kappa shape index (κ3) is 4.74. The quantitative estimate of drug-likeness (QED) is 0.928. The molecule has 1 atom stereocenters. The Hall–Kier alpha value is -1.55. The predicted molar refractivity (Wildman–Crippen MR) is 83.2 cm³/mol. The molecule has 114 valence electrons. The number of rotatable bonds is 4. The fraction of sp³-hybridized carbons (Fsp3) is 0.500. The van der Waals surface area contributed by atoms with Crippen LogP contribution in [0.2, 0.25) is 5.02 Å². The highest BCUT2D eigenvalue weighted by atomic mass is 35.5. The summed E-state index contributed by atoms with van der Waals surface area (Å²) in [6, 6.07) is 6.68. The van der Waals surface area contributed by atoms with Gasteiger partial charge in [0, 0.05) is 18.1 Å². The van der Waals surface area contributed by atoms with Crippen LogP contribution in [0.1, 0.15) is 31.7 Å². The number of likely N-dealkylation sites (tertiary alicyclic amines) is 1. The first-order valence-corrected chi connectivity index (χ1v) is 7.76. The summed E-state index contributed by atoms with van der Waals surface area (Å²) >= 11 is 5.81. The lowest BCUT2D eigenvalue weighted by Gasteiger charge is -2.29. The van der Waals surface area contributed by atoms with Gasteiger partial charge in [0.15, 0.2) is 0 Å². The molecule has 0 spiro atoms. The van der Waals surface area contributed by atoms with Gasteiger partial charge in [0.2, 0.25) is 11.8 Å². The molecule has 2 rings (SSSR count). The number of carbonyl (C=O) groups excluding carboxylic acids is 2. The molecule has 1 saturated heterocycles. The number of halogens is 1. The van der Waals surface area contributed by atoms with Crippen molar-refractivity contribution in [3.8, 4) is 0 Å². The summed E-state index contributed by atoms with van der Waals surface area (Å²) in [7, 11) is 0. The highest BCUT2D eigenvalue weighted by molar-refractivity contribution is 6.30. The number of amides is 2. The fourth-order valence-corrected chi connectivity index (χ4v) is 2.66. The summed E-state index contributed by atoms with van der Waals surface area (Å²) < 4.78 is 0. The fourth-order valence-electron chi connectivity index (χ4n) is 2.53. The van der Waals surface area contributed by atoms with Crippen LogP contribution in [0.3, 0.4) is 0 Å². The monoisotopic (exact) mass is 308 g/mol. The van der Waals surface area contributed by atoms with Crippen LogP contribution in [-0.4, -0.2) is 35.8 Å². The first-order valence-electron chi connectivity index (χ1n) is 7.39. The van der Waals surface area contributed by atoms with Crippen molar-refractivity contribution in [3.63, 3.8) is 0 Å². The van der Waals surface area contributed by atoms with Gasteiger partial charge < -0.3 is 10.2 Å². The van der Waals surface area contributed by atoms with Crippen molar-refractivity contribution in [2.45, 2.75) is 38.6 Å². The lowest BCUT2D eigenvalue weighted by Crippen LogP contribution is -2.48. The summed E-state index contributed by atoms with van der Waals surface area (Å²) in [6.45, 7) is 3.35. The van der Waals surface area contributed by atoms with Crippen LogP contribution in [0.15, 0.2) is 24.3 Å². The number of carbonyl (C=O) groups is 2. The maximum atomic E-state index is 12.2. The van der Waals surface area contributed by atoms with Gasteiger partial charge in [0.25, 0.3) is 0 Å². The van der Waals surface area contributed by atoms with Gasteiger partial charge in [-0.05, 0) is 43.9 Å². The van der Waals surface area contributed by atoms with E-state index in [2.05, 4.69) is 5.32 Å². The molecule has 1 aromatic carbocycles. The summed E-state index contributed by atoms with van der Waals surface area (Å²) in [5, 5.41) is 3.42. The minimum Gasteiger partial charge on any atom is -0.344 e. The molecule has 2 amide bonds. The standard InChI is InChI=1S/C16H21ClN2O2/c1-12(16(21)19-9-3-2-4-10-19)18-15(20)11-13-5-7-14(17)8-6-13/h5-8,12H,2-4,9-11H2,1H3,(H,18,20). The number of nitrogens with zero attached hydrogens (tertiary/aromatic N) is 1. The Morgan fingerprint density at radius 3 is 2.43 bits per heavy atom. The molecule has 1 fully saturated rings. The van der Waals surface area contributed by atoms with E-state index in [1.165, 1.54) is 6.42 Å². The molecule has 4 nitrogen and oxygen atoms in total. The van der Waals surface area contributed by atoms with Gasteiger partial charge in [-0.25, -0.2) is 0 Å². The number of nitrogens with one attached hydrogen (secondary N) is 1. The van der Waals surface area contributed by atoms with Crippen LogP contribution in [-0.2, 0) is 16.0 Å². The molecule has 0 aromatic heterocycles. The molecule has 0 aliphatic carbocycles. The zero-order chi connectivity index (χ0) is 15.2. The zero-order valence-electron chi connectivity index (χ0n) is 12.3. The number of piperidine rings is 1. The normalized spacial score (nSPS) is 16.4. The average molecular weight is 309 g/mol. The molecule has 1 aliphatic rings. The smallest absolute Gasteiger partial charge is 0.244 e. The van der Waals surface area contributed by atoms with Gasteiger partial charge in [-0.1, -0.05) is 23.7 Å². The van der Waals surface area contributed by atoms with E-state index in [0.29, 0.717) is 5.02 Å². The second-order valence-corrected chi connectivity index (χ2v) is 5.91. The molecule has 21 heavy (non-hydrogen) atoms. The van der Waals surface area contributed by atoms with E-state index < -0.39 is 6.04 Å². The molecule has 1 N–H and O–H groups in total. The van der Waals surface area contributed by atoms with E-state index in [1.807, 2.05) is 17.0 Å². The Bertz CT molecular complexity index is 496. The van der Waals surface area contributed by atoms with Crippen LogP contribution >= 0.6 is 11.6 Å². The van der Waals surface area contributed by atoms with Crippen molar-refractivity contribution in [1.29, 1.82) is 0 Å². The highest BCUT2D eigenvalue weighted by Crippen LogP contribution is 2.11. The SMILES string of the molecule is CC(NC(=O)Cc1ccc(Cl)cc1)C(=O)N1CCCCC1. The predicted octanol–water partition coefficient (Wildman–Crippen LogP) is 2.40. The van der Waals surface area contributed by atoms with E-state index in [9.17, 15) is 9.59 Å². The Kier molecular flexibility index (Phi) is 5.62. The van der Waals surface area contributed by atoms with Crippen molar-refractivity contribution in [1.82, 2.24) is 10.2 Å². The lowest BCUT2D eigenvalue weighted by molar-refractivity contribution is -0.136. The van der Waals surface area contributed by atoms with Crippen LogP contribution in [0.25, 0.3) is 0 Å². The molecule has 0 bridgehead atoms. The van der Waals surface area contributed by atoms with Crippen molar-refractivity contribution in [2.24, 2.45) is 0 Å². The number of hydrogen-bond donors (Lipinski definition) is 1. The van der Waals surface area contributed by atoms with Crippen molar-refractivity contribution in [2.75, 3.05) is 13.1 Å². The summed E-state index contributed by atoms with van der Waals surface area (Å²) in [4.78, 5) is 26.0. The molecule has 1 unspecified atom stereocenters.